The Labute approximate surface area is 135 Å². The van der Waals surface area contributed by atoms with Gasteiger partial charge in [-0.25, -0.2) is 4.39 Å². The zero-order chi connectivity index (χ0) is 16.1. The van der Waals surface area contributed by atoms with Crippen molar-refractivity contribution in [2.45, 2.75) is 13.5 Å². The number of aryl methyl sites for hydroxylation is 1. The number of hydrogen-bond acceptors (Lipinski definition) is 2. The molecule has 3 heteroatoms. The van der Waals surface area contributed by atoms with Crippen molar-refractivity contribution in [3.8, 4) is 17.2 Å². The number of rotatable bonds is 5. The van der Waals surface area contributed by atoms with Crippen molar-refractivity contribution in [3.63, 3.8) is 0 Å². The van der Waals surface area contributed by atoms with Crippen LogP contribution in [0.1, 0.15) is 11.1 Å². The largest absolute Gasteiger partial charge is 0.489 e. The Kier molecular flexibility index (Phi) is 4.57. The van der Waals surface area contributed by atoms with Gasteiger partial charge in [0.25, 0.3) is 0 Å². The van der Waals surface area contributed by atoms with Crippen LogP contribution in [0.15, 0.2) is 72.8 Å². The minimum Gasteiger partial charge on any atom is -0.489 e. The second kappa shape index (κ2) is 6.97. The third kappa shape index (κ3) is 4.33. The van der Waals surface area contributed by atoms with Crippen molar-refractivity contribution in [2.75, 3.05) is 0 Å². The summed E-state index contributed by atoms with van der Waals surface area (Å²) in [6.45, 7) is 2.42. The molecule has 0 amide bonds. The normalized spacial score (nSPS) is 10.3. The molecule has 0 N–H and O–H groups in total. The summed E-state index contributed by atoms with van der Waals surface area (Å²) in [4.78, 5) is 0. The molecule has 3 aromatic carbocycles. The van der Waals surface area contributed by atoms with Gasteiger partial charge in [0.05, 0.1) is 0 Å². The van der Waals surface area contributed by atoms with Crippen LogP contribution < -0.4 is 9.47 Å². The topological polar surface area (TPSA) is 18.5 Å². The number of ether oxygens (including phenoxy) is 2. The Morgan fingerprint density at radius 1 is 0.783 bits per heavy atom. The van der Waals surface area contributed by atoms with Crippen molar-refractivity contribution < 1.29 is 13.9 Å². The molecule has 0 aliphatic heterocycles. The van der Waals surface area contributed by atoms with Crippen molar-refractivity contribution >= 4 is 0 Å². The zero-order valence-electron chi connectivity index (χ0n) is 12.8. The van der Waals surface area contributed by atoms with Gasteiger partial charge in [-0.3, -0.25) is 0 Å². The van der Waals surface area contributed by atoms with Crippen molar-refractivity contribution in [2.24, 2.45) is 0 Å². The van der Waals surface area contributed by atoms with E-state index >= 15 is 0 Å². The fraction of sp³-hybridized carbons (Fsp3) is 0.100. The molecule has 23 heavy (non-hydrogen) atoms. The van der Waals surface area contributed by atoms with Crippen molar-refractivity contribution in [1.29, 1.82) is 0 Å². The molecule has 0 atom stereocenters. The predicted octanol–water partition coefficient (Wildman–Crippen LogP) is 5.51. The van der Waals surface area contributed by atoms with Gasteiger partial charge in [-0.05, 0) is 48.9 Å². The molecule has 3 rings (SSSR count). The van der Waals surface area contributed by atoms with Gasteiger partial charge in [-0.15, -0.1) is 0 Å². The molecule has 0 spiro atoms. The van der Waals surface area contributed by atoms with Gasteiger partial charge in [0.1, 0.15) is 29.7 Å². The zero-order valence-corrected chi connectivity index (χ0v) is 12.8. The van der Waals surface area contributed by atoms with Crippen molar-refractivity contribution in [3.05, 3.63) is 89.7 Å². The summed E-state index contributed by atoms with van der Waals surface area (Å²) in [5.74, 6) is 1.96. The van der Waals surface area contributed by atoms with E-state index in [9.17, 15) is 4.39 Å². The molecule has 3 aromatic rings. The lowest BCUT2D eigenvalue weighted by molar-refractivity contribution is 0.304. The number of hydrogen-bond donors (Lipinski definition) is 0. The molecular formula is C20H17FO2. The summed E-state index contributed by atoms with van der Waals surface area (Å²) in [6, 6.07) is 21.6. The van der Waals surface area contributed by atoms with Gasteiger partial charge in [0.15, 0.2) is 0 Å². The van der Waals surface area contributed by atoms with E-state index in [2.05, 4.69) is 0 Å². The van der Waals surface area contributed by atoms with Crippen LogP contribution in [-0.2, 0) is 6.61 Å². The van der Waals surface area contributed by atoms with Crippen LogP contribution in [0.4, 0.5) is 4.39 Å². The summed E-state index contributed by atoms with van der Waals surface area (Å²) < 4.78 is 24.4. The van der Waals surface area contributed by atoms with Crippen molar-refractivity contribution in [1.82, 2.24) is 0 Å². The molecule has 2 nitrogen and oxygen atoms in total. The summed E-state index contributed by atoms with van der Waals surface area (Å²) in [6.07, 6.45) is 0. The van der Waals surface area contributed by atoms with Gasteiger partial charge in [0, 0.05) is 6.07 Å². The minimum atomic E-state index is -0.248. The fourth-order valence-corrected chi connectivity index (χ4v) is 2.12. The highest BCUT2D eigenvalue weighted by Crippen LogP contribution is 2.25. The molecule has 0 aliphatic carbocycles. The van der Waals surface area contributed by atoms with Crippen LogP contribution >= 0.6 is 0 Å². The van der Waals surface area contributed by atoms with Crippen LogP contribution in [0.2, 0.25) is 0 Å². The Balaban J connectivity index is 1.65. The second-order valence-corrected chi connectivity index (χ2v) is 5.31. The monoisotopic (exact) mass is 308 g/mol. The second-order valence-electron chi connectivity index (χ2n) is 5.31. The van der Waals surface area contributed by atoms with Gasteiger partial charge in [0.2, 0.25) is 0 Å². The third-order valence-electron chi connectivity index (χ3n) is 3.38. The molecular weight excluding hydrogens is 291 g/mol. The average Bonchev–Trinajstić information content (AvgIpc) is 2.57. The summed E-state index contributed by atoms with van der Waals surface area (Å²) in [5.41, 5.74) is 2.10. The first-order valence-electron chi connectivity index (χ1n) is 7.41. The average molecular weight is 308 g/mol. The van der Waals surface area contributed by atoms with E-state index in [0.29, 0.717) is 18.1 Å². The SMILES string of the molecule is Cc1ccc(Oc2cccc(OCc3ccc(F)cc3)c2)cc1. The van der Waals surface area contributed by atoms with Crippen LogP contribution in [0.25, 0.3) is 0 Å². The minimum absolute atomic E-state index is 0.248. The maximum absolute atomic E-state index is 12.9. The third-order valence-corrected chi connectivity index (χ3v) is 3.38. The fourth-order valence-electron chi connectivity index (χ4n) is 2.12. The first kappa shape index (κ1) is 15.1. The Hall–Kier alpha value is -2.81. The van der Waals surface area contributed by atoms with E-state index in [0.717, 1.165) is 11.3 Å². The smallest absolute Gasteiger partial charge is 0.131 e. The number of benzene rings is 3. The quantitative estimate of drug-likeness (QED) is 0.619. The lowest BCUT2D eigenvalue weighted by atomic mass is 10.2. The lowest BCUT2D eigenvalue weighted by Crippen LogP contribution is -1.95. The highest BCUT2D eigenvalue weighted by atomic mass is 19.1. The summed E-state index contributed by atoms with van der Waals surface area (Å²) in [7, 11) is 0. The van der Waals surface area contributed by atoms with E-state index in [1.165, 1.54) is 17.7 Å². The van der Waals surface area contributed by atoms with Gasteiger partial charge in [-0.2, -0.15) is 0 Å². The first-order valence-corrected chi connectivity index (χ1v) is 7.41. The predicted molar refractivity (Wildman–Crippen MR) is 88.4 cm³/mol. The van der Waals surface area contributed by atoms with E-state index in [1.54, 1.807) is 12.1 Å². The van der Waals surface area contributed by atoms with E-state index < -0.39 is 0 Å². The molecule has 116 valence electrons. The molecule has 0 bridgehead atoms. The summed E-state index contributed by atoms with van der Waals surface area (Å²) in [5, 5.41) is 0. The van der Waals surface area contributed by atoms with Gasteiger partial charge < -0.3 is 9.47 Å². The van der Waals surface area contributed by atoms with Crippen LogP contribution in [0.5, 0.6) is 17.2 Å². The highest BCUT2D eigenvalue weighted by Gasteiger charge is 2.01. The molecule has 0 heterocycles. The highest BCUT2D eigenvalue weighted by molar-refractivity contribution is 5.37. The molecule has 0 saturated carbocycles. The maximum atomic E-state index is 12.9. The number of halogens is 1. The molecule has 0 aliphatic rings. The molecule has 0 unspecified atom stereocenters. The van der Waals surface area contributed by atoms with Crippen LogP contribution in [-0.4, -0.2) is 0 Å². The van der Waals surface area contributed by atoms with Gasteiger partial charge in [-0.1, -0.05) is 35.9 Å². The Morgan fingerprint density at radius 2 is 1.48 bits per heavy atom. The maximum Gasteiger partial charge on any atom is 0.131 e. The van der Waals surface area contributed by atoms with E-state index in [1.807, 2.05) is 55.5 Å². The first-order chi connectivity index (χ1) is 11.2. The van der Waals surface area contributed by atoms with Crippen LogP contribution in [0.3, 0.4) is 0 Å². The lowest BCUT2D eigenvalue weighted by Gasteiger charge is -2.09. The summed E-state index contributed by atoms with van der Waals surface area (Å²) >= 11 is 0. The van der Waals surface area contributed by atoms with Gasteiger partial charge >= 0.3 is 0 Å². The van der Waals surface area contributed by atoms with E-state index in [4.69, 9.17) is 9.47 Å². The molecule has 0 radical (unpaired) electrons. The molecule has 0 saturated heterocycles. The van der Waals surface area contributed by atoms with Crippen LogP contribution in [0, 0.1) is 12.7 Å². The Bertz CT molecular complexity index is 764. The van der Waals surface area contributed by atoms with E-state index in [-0.39, 0.29) is 5.82 Å². The standard InChI is InChI=1S/C20H17FO2/c1-15-5-11-18(12-6-15)23-20-4-2-3-19(13-20)22-14-16-7-9-17(21)10-8-16/h2-13H,14H2,1H3. The molecule has 0 aromatic heterocycles. The molecule has 0 fully saturated rings. The Morgan fingerprint density at radius 3 is 2.22 bits per heavy atom.